The van der Waals surface area contributed by atoms with Crippen LogP contribution in [0.25, 0.3) is 0 Å². The Morgan fingerprint density at radius 2 is 1.88 bits per heavy atom. The van der Waals surface area contributed by atoms with Crippen molar-refractivity contribution >= 4 is 33.8 Å². The van der Waals surface area contributed by atoms with Gasteiger partial charge in [0.2, 0.25) is 0 Å². The van der Waals surface area contributed by atoms with Crippen molar-refractivity contribution in [3.05, 3.63) is 42.5 Å². The molecule has 0 atom stereocenters. The zero-order chi connectivity index (χ0) is 22.4. The van der Waals surface area contributed by atoms with Gasteiger partial charge < -0.3 is 19.7 Å². The fourth-order valence-electron chi connectivity index (χ4n) is 3.52. The van der Waals surface area contributed by atoms with Crippen LogP contribution in [-0.4, -0.2) is 54.9 Å². The number of benzene rings is 2. The summed E-state index contributed by atoms with van der Waals surface area (Å²) in [6.07, 6.45) is 0.542. The zero-order valence-electron chi connectivity index (χ0n) is 18.0. The van der Waals surface area contributed by atoms with Crippen molar-refractivity contribution in [2.75, 3.05) is 49.0 Å². The van der Waals surface area contributed by atoms with E-state index in [-0.39, 0.29) is 35.3 Å². The lowest BCUT2D eigenvalue weighted by atomic mass is 10.2. The lowest BCUT2D eigenvalue weighted by Crippen LogP contribution is -2.43. The molecule has 0 aliphatic carbocycles. The number of methoxy groups -OCH3 is 1. The van der Waals surface area contributed by atoms with Gasteiger partial charge in [-0.1, -0.05) is 13.0 Å². The highest BCUT2D eigenvalue weighted by atomic mass is 35.5. The number of hydrogen-bond donors (Lipinski definition) is 1. The standard InChI is InChI=1S/C21H27F2N3O4S.ClH/c1-3-11-26(16-5-4-6-17(14-16)30-21(22)23)31(27,28)18-7-8-20(29-2)19(15-18)25-12-9-24-10-13-25;/h4-8,14-15,21,24H,3,9-13H2,1-2H3;1H. The molecule has 32 heavy (non-hydrogen) atoms. The van der Waals surface area contributed by atoms with Gasteiger partial charge in [-0.2, -0.15) is 8.78 Å². The smallest absolute Gasteiger partial charge is 0.387 e. The number of nitrogens with zero attached hydrogens (tertiary/aromatic N) is 2. The van der Waals surface area contributed by atoms with Gasteiger partial charge >= 0.3 is 6.61 Å². The van der Waals surface area contributed by atoms with Gasteiger partial charge in [0.15, 0.2) is 0 Å². The number of alkyl halides is 2. The van der Waals surface area contributed by atoms with E-state index in [1.807, 2.05) is 6.92 Å². The van der Waals surface area contributed by atoms with Crippen LogP contribution in [0.2, 0.25) is 0 Å². The van der Waals surface area contributed by atoms with Crippen molar-refractivity contribution in [1.29, 1.82) is 0 Å². The van der Waals surface area contributed by atoms with Crippen molar-refractivity contribution in [2.24, 2.45) is 0 Å². The first-order chi connectivity index (χ1) is 14.9. The van der Waals surface area contributed by atoms with Gasteiger partial charge in [-0.15, -0.1) is 12.4 Å². The molecule has 0 unspecified atom stereocenters. The number of nitrogens with one attached hydrogen (secondary N) is 1. The quantitative estimate of drug-likeness (QED) is 0.576. The molecule has 0 saturated carbocycles. The van der Waals surface area contributed by atoms with Crippen molar-refractivity contribution < 1.29 is 26.7 Å². The first kappa shape index (κ1) is 26.0. The van der Waals surface area contributed by atoms with Crippen molar-refractivity contribution in [1.82, 2.24) is 5.32 Å². The molecule has 0 bridgehead atoms. The molecule has 11 heteroatoms. The highest BCUT2D eigenvalue weighted by Gasteiger charge is 2.27. The maximum atomic E-state index is 13.6. The molecule has 1 saturated heterocycles. The van der Waals surface area contributed by atoms with E-state index in [9.17, 15) is 17.2 Å². The third kappa shape index (κ3) is 5.93. The molecular formula is C21H28ClF2N3O4S. The van der Waals surface area contributed by atoms with Crippen LogP contribution in [0.3, 0.4) is 0 Å². The molecule has 0 amide bonds. The van der Waals surface area contributed by atoms with Gasteiger partial charge in [0, 0.05) is 38.8 Å². The molecule has 1 fully saturated rings. The van der Waals surface area contributed by atoms with E-state index in [0.29, 0.717) is 17.9 Å². The SMILES string of the molecule is CCCN(c1cccc(OC(F)F)c1)S(=O)(=O)c1ccc(OC)c(N2CCNCC2)c1.Cl. The van der Waals surface area contributed by atoms with Crippen molar-refractivity contribution in [3.8, 4) is 11.5 Å². The molecule has 0 spiro atoms. The van der Waals surface area contributed by atoms with E-state index in [2.05, 4.69) is 15.0 Å². The normalized spacial score (nSPS) is 14.1. The summed E-state index contributed by atoms with van der Waals surface area (Å²) >= 11 is 0. The fraction of sp³-hybridized carbons (Fsp3) is 0.429. The van der Waals surface area contributed by atoms with E-state index in [4.69, 9.17) is 4.74 Å². The summed E-state index contributed by atoms with van der Waals surface area (Å²) < 4.78 is 63.5. The van der Waals surface area contributed by atoms with Crippen LogP contribution in [0.15, 0.2) is 47.4 Å². The van der Waals surface area contributed by atoms with E-state index in [1.54, 1.807) is 25.3 Å². The van der Waals surface area contributed by atoms with E-state index in [1.165, 1.54) is 28.6 Å². The summed E-state index contributed by atoms with van der Waals surface area (Å²) in [4.78, 5) is 2.19. The number of hydrogen-bond acceptors (Lipinski definition) is 6. The lowest BCUT2D eigenvalue weighted by molar-refractivity contribution is -0.0498. The molecule has 178 valence electrons. The third-order valence-corrected chi connectivity index (χ3v) is 6.78. The number of sulfonamides is 1. The van der Waals surface area contributed by atoms with Crippen LogP contribution in [0, 0.1) is 0 Å². The minimum atomic E-state index is -3.96. The lowest BCUT2D eigenvalue weighted by Gasteiger charge is -2.31. The third-order valence-electron chi connectivity index (χ3n) is 4.95. The summed E-state index contributed by atoms with van der Waals surface area (Å²) in [5.41, 5.74) is 0.968. The van der Waals surface area contributed by atoms with Crippen LogP contribution in [0.4, 0.5) is 20.2 Å². The first-order valence-corrected chi connectivity index (χ1v) is 11.5. The van der Waals surface area contributed by atoms with Gasteiger partial charge in [-0.25, -0.2) is 8.42 Å². The number of piperazine rings is 1. The summed E-state index contributed by atoms with van der Waals surface area (Å²) in [7, 11) is -2.41. The second-order valence-electron chi connectivity index (χ2n) is 7.02. The first-order valence-electron chi connectivity index (χ1n) is 10.1. The van der Waals surface area contributed by atoms with Gasteiger partial charge in [0.25, 0.3) is 10.0 Å². The van der Waals surface area contributed by atoms with Crippen LogP contribution >= 0.6 is 12.4 Å². The molecule has 0 radical (unpaired) electrons. The van der Waals surface area contributed by atoms with Crippen LogP contribution in [0.5, 0.6) is 11.5 Å². The highest BCUT2D eigenvalue weighted by molar-refractivity contribution is 7.92. The molecule has 3 rings (SSSR count). The maximum Gasteiger partial charge on any atom is 0.387 e. The molecular weight excluding hydrogens is 464 g/mol. The summed E-state index contributed by atoms with van der Waals surface area (Å²) in [5.74, 6) is 0.496. The molecule has 2 aromatic rings. The predicted molar refractivity (Wildman–Crippen MR) is 123 cm³/mol. The van der Waals surface area contributed by atoms with Gasteiger partial charge in [-0.3, -0.25) is 4.31 Å². The highest BCUT2D eigenvalue weighted by Crippen LogP contribution is 2.34. The average molecular weight is 492 g/mol. The van der Waals surface area contributed by atoms with Crippen LogP contribution < -0.4 is 24.0 Å². The van der Waals surface area contributed by atoms with Crippen molar-refractivity contribution in [2.45, 2.75) is 24.9 Å². The Balaban J connectivity index is 0.00000363. The van der Waals surface area contributed by atoms with Gasteiger partial charge in [-0.05, 0) is 36.8 Å². The molecule has 0 aromatic heterocycles. The molecule has 1 aliphatic heterocycles. The van der Waals surface area contributed by atoms with Crippen molar-refractivity contribution in [3.63, 3.8) is 0 Å². The topological polar surface area (TPSA) is 71.1 Å². The number of rotatable bonds is 9. The Morgan fingerprint density at radius 3 is 2.50 bits per heavy atom. The van der Waals surface area contributed by atoms with E-state index >= 15 is 0 Å². The molecule has 1 N–H and O–H groups in total. The molecule has 7 nitrogen and oxygen atoms in total. The summed E-state index contributed by atoms with van der Waals surface area (Å²) in [6.45, 7) is 2.09. The van der Waals surface area contributed by atoms with Gasteiger partial charge in [0.1, 0.15) is 11.5 Å². The average Bonchev–Trinajstić information content (AvgIpc) is 2.77. The number of ether oxygens (including phenoxy) is 2. The second-order valence-corrected chi connectivity index (χ2v) is 8.89. The summed E-state index contributed by atoms with van der Waals surface area (Å²) in [6, 6.07) is 10.5. The number of anilines is 2. The van der Waals surface area contributed by atoms with E-state index < -0.39 is 16.6 Å². The molecule has 1 heterocycles. The van der Waals surface area contributed by atoms with Gasteiger partial charge in [0.05, 0.1) is 23.4 Å². The number of halogens is 3. The Morgan fingerprint density at radius 1 is 1.16 bits per heavy atom. The largest absolute Gasteiger partial charge is 0.495 e. The Hall–Kier alpha value is -2.30. The van der Waals surface area contributed by atoms with Crippen LogP contribution in [-0.2, 0) is 10.0 Å². The predicted octanol–water partition coefficient (Wildman–Crippen LogP) is 3.73. The maximum absolute atomic E-state index is 13.6. The monoisotopic (exact) mass is 491 g/mol. The van der Waals surface area contributed by atoms with Crippen LogP contribution in [0.1, 0.15) is 13.3 Å². The molecule has 2 aromatic carbocycles. The second kappa shape index (κ2) is 11.5. The van der Waals surface area contributed by atoms with E-state index in [0.717, 1.165) is 26.2 Å². The Labute approximate surface area is 193 Å². The zero-order valence-corrected chi connectivity index (χ0v) is 19.6. The fourth-order valence-corrected chi connectivity index (χ4v) is 5.09. The Kier molecular flexibility index (Phi) is 9.35. The molecule has 1 aliphatic rings. The minimum absolute atomic E-state index is 0. The summed E-state index contributed by atoms with van der Waals surface area (Å²) in [5, 5.41) is 3.27. The Bertz CT molecular complexity index is 989. The minimum Gasteiger partial charge on any atom is -0.495 e.